The van der Waals surface area contributed by atoms with E-state index in [1.54, 1.807) is 22.4 Å². The van der Waals surface area contributed by atoms with E-state index in [1.165, 1.54) is 0 Å². The van der Waals surface area contributed by atoms with Crippen molar-refractivity contribution in [2.45, 2.75) is 12.0 Å². The highest BCUT2D eigenvalue weighted by molar-refractivity contribution is 7.10. The highest BCUT2D eigenvalue weighted by atomic mass is 32.1. The van der Waals surface area contributed by atoms with Gasteiger partial charge in [-0.25, -0.2) is 4.98 Å². The van der Waals surface area contributed by atoms with E-state index in [9.17, 15) is 9.59 Å². The van der Waals surface area contributed by atoms with Gasteiger partial charge < -0.3 is 14.7 Å². The number of fused-ring (bicyclic) bond motifs is 1. The zero-order chi connectivity index (χ0) is 21.4. The minimum atomic E-state index is -0.404. The Balaban J connectivity index is 1.45. The number of piperazine rings is 1. The molecule has 2 aromatic heterocycles. The summed E-state index contributed by atoms with van der Waals surface area (Å²) in [7, 11) is 1.81. The van der Waals surface area contributed by atoms with Gasteiger partial charge in [0, 0.05) is 49.9 Å². The predicted molar refractivity (Wildman–Crippen MR) is 121 cm³/mol. The Morgan fingerprint density at radius 3 is 2.48 bits per heavy atom. The van der Waals surface area contributed by atoms with E-state index in [-0.39, 0.29) is 17.9 Å². The number of aromatic nitrogens is 1. The summed E-state index contributed by atoms with van der Waals surface area (Å²) in [6.45, 7) is 2.77. The van der Waals surface area contributed by atoms with Crippen molar-refractivity contribution in [3.05, 3.63) is 82.2 Å². The normalized spacial score (nSPS) is 21.2. The summed E-state index contributed by atoms with van der Waals surface area (Å²) in [6, 6.07) is 17.2. The Hall–Kier alpha value is -3.19. The number of thiophene rings is 1. The number of hydrogen-bond acceptors (Lipinski definition) is 5. The monoisotopic (exact) mass is 432 g/mol. The van der Waals surface area contributed by atoms with Crippen LogP contribution >= 0.6 is 11.3 Å². The number of rotatable bonds is 3. The molecule has 0 N–H and O–H groups in total. The molecule has 2 amide bonds. The van der Waals surface area contributed by atoms with Crippen LogP contribution in [0.1, 0.15) is 32.8 Å². The first-order chi connectivity index (χ1) is 15.1. The van der Waals surface area contributed by atoms with Crippen molar-refractivity contribution in [1.29, 1.82) is 0 Å². The average Bonchev–Trinajstić information content (AvgIpc) is 3.36. The number of hydrogen-bond donors (Lipinski definition) is 0. The van der Waals surface area contributed by atoms with Crippen LogP contribution in [0.25, 0.3) is 0 Å². The SMILES string of the molecule is CN1C(=O)c2ccccc2[C@H](C(=O)N2CCN(c3ccccn3)CC2)[C@H]1c1cccs1. The molecule has 1 fully saturated rings. The summed E-state index contributed by atoms with van der Waals surface area (Å²) in [6.07, 6.45) is 1.80. The molecule has 0 bridgehead atoms. The second-order valence-electron chi connectivity index (χ2n) is 7.94. The lowest BCUT2D eigenvalue weighted by atomic mass is 9.81. The first-order valence-corrected chi connectivity index (χ1v) is 11.4. The van der Waals surface area contributed by atoms with Gasteiger partial charge >= 0.3 is 0 Å². The van der Waals surface area contributed by atoms with E-state index < -0.39 is 5.92 Å². The van der Waals surface area contributed by atoms with Gasteiger partial charge in [-0.3, -0.25) is 9.59 Å². The molecule has 2 aliphatic heterocycles. The highest BCUT2D eigenvalue weighted by Gasteiger charge is 2.44. The van der Waals surface area contributed by atoms with Gasteiger partial charge in [0.1, 0.15) is 5.82 Å². The van der Waals surface area contributed by atoms with Gasteiger partial charge in [0.15, 0.2) is 0 Å². The van der Waals surface area contributed by atoms with Crippen molar-refractivity contribution in [2.75, 3.05) is 38.1 Å². The van der Waals surface area contributed by atoms with Crippen molar-refractivity contribution in [2.24, 2.45) is 0 Å². The van der Waals surface area contributed by atoms with Crippen LogP contribution in [0, 0.1) is 0 Å². The zero-order valence-electron chi connectivity index (χ0n) is 17.3. The van der Waals surface area contributed by atoms with Crippen molar-refractivity contribution in [3.8, 4) is 0 Å². The van der Waals surface area contributed by atoms with E-state index in [1.807, 2.05) is 71.9 Å². The summed E-state index contributed by atoms with van der Waals surface area (Å²) < 4.78 is 0. The molecule has 2 aliphatic rings. The van der Waals surface area contributed by atoms with Crippen LogP contribution in [0.2, 0.25) is 0 Å². The quantitative estimate of drug-likeness (QED) is 0.637. The predicted octanol–water partition coefficient (Wildman–Crippen LogP) is 3.40. The van der Waals surface area contributed by atoms with Crippen molar-refractivity contribution < 1.29 is 9.59 Å². The van der Waals surface area contributed by atoms with Gasteiger partial charge in [-0.05, 0) is 35.2 Å². The van der Waals surface area contributed by atoms with Gasteiger partial charge in [-0.1, -0.05) is 30.3 Å². The molecule has 0 spiro atoms. The van der Waals surface area contributed by atoms with Gasteiger partial charge in [0.2, 0.25) is 5.91 Å². The van der Waals surface area contributed by atoms with Crippen LogP contribution in [-0.2, 0) is 4.79 Å². The largest absolute Gasteiger partial charge is 0.353 e. The number of benzene rings is 1. The minimum Gasteiger partial charge on any atom is -0.353 e. The molecule has 5 rings (SSSR count). The number of anilines is 1. The summed E-state index contributed by atoms with van der Waals surface area (Å²) in [4.78, 5) is 38.3. The van der Waals surface area contributed by atoms with Crippen molar-refractivity contribution in [1.82, 2.24) is 14.8 Å². The first-order valence-electron chi connectivity index (χ1n) is 10.5. The van der Waals surface area contributed by atoms with Crippen molar-refractivity contribution >= 4 is 29.0 Å². The Kier molecular flexibility index (Phi) is 5.19. The molecule has 0 radical (unpaired) electrons. The van der Waals surface area contributed by atoms with Gasteiger partial charge in [-0.2, -0.15) is 0 Å². The molecule has 1 saturated heterocycles. The van der Waals surface area contributed by atoms with Gasteiger partial charge in [0.05, 0.1) is 12.0 Å². The Bertz CT molecular complexity index is 1080. The minimum absolute atomic E-state index is 0.0296. The number of pyridine rings is 1. The van der Waals surface area contributed by atoms with E-state index >= 15 is 0 Å². The lowest BCUT2D eigenvalue weighted by molar-refractivity contribution is -0.134. The molecule has 158 valence electrons. The van der Waals surface area contributed by atoms with E-state index in [0.29, 0.717) is 18.7 Å². The molecule has 3 aromatic rings. The number of carbonyl (C=O) groups excluding carboxylic acids is 2. The molecule has 6 nitrogen and oxygen atoms in total. The molecule has 0 saturated carbocycles. The Morgan fingerprint density at radius 2 is 1.77 bits per heavy atom. The molecular weight excluding hydrogens is 408 g/mol. The maximum Gasteiger partial charge on any atom is 0.254 e. The van der Waals surface area contributed by atoms with Crippen LogP contribution in [0.3, 0.4) is 0 Å². The second-order valence-corrected chi connectivity index (χ2v) is 8.92. The van der Waals surface area contributed by atoms with Gasteiger partial charge in [0.25, 0.3) is 5.91 Å². The summed E-state index contributed by atoms with van der Waals surface area (Å²) >= 11 is 1.59. The molecule has 2 atom stereocenters. The second kappa shape index (κ2) is 8.15. The summed E-state index contributed by atoms with van der Waals surface area (Å²) in [5.41, 5.74) is 1.46. The molecular formula is C24H24N4O2S. The number of carbonyl (C=O) groups is 2. The fraction of sp³-hybridized carbons (Fsp3) is 0.292. The van der Waals surface area contributed by atoms with Crippen molar-refractivity contribution in [3.63, 3.8) is 0 Å². The third kappa shape index (κ3) is 3.49. The molecule has 7 heteroatoms. The number of nitrogens with zero attached hydrogens (tertiary/aromatic N) is 4. The summed E-state index contributed by atoms with van der Waals surface area (Å²) in [5.74, 6) is 0.599. The maximum absolute atomic E-state index is 13.9. The fourth-order valence-corrected chi connectivity index (χ4v) is 5.55. The zero-order valence-corrected chi connectivity index (χ0v) is 18.2. The summed E-state index contributed by atoms with van der Waals surface area (Å²) in [5, 5.41) is 2.00. The molecule has 0 aliphatic carbocycles. The topological polar surface area (TPSA) is 56.8 Å². The fourth-order valence-electron chi connectivity index (χ4n) is 4.65. The van der Waals surface area contributed by atoms with E-state index in [0.717, 1.165) is 29.3 Å². The first kappa shape index (κ1) is 19.8. The molecule has 31 heavy (non-hydrogen) atoms. The van der Waals surface area contributed by atoms with Crippen LogP contribution < -0.4 is 4.90 Å². The highest BCUT2D eigenvalue weighted by Crippen LogP contribution is 2.44. The molecule has 4 heterocycles. The number of amides is 2. The van der Waals surface area contributed by atoms with Crippen LogP contribution in [0.15, 0.2) is 66.2 Å². The smallest absolute Gasteiger partial charge is 0.254 e. The van der Waals surface area contributed by atoms with E-state index in [4.69, 9.17) is 0 Å². The standard InChI is InChI=1S/C24H24N4O2S/c1-26-22(19-9-6-16-31-19)21(17-7-2-3-8-18(17)23(26)29)24(30)28-14-12-27(13-15-28)20-10-4-5-11-25-20/h2-11,16,21-22H,12-15H2,1H3/t21-,22+/m0/s1. The molecule has 1 aromatic carbocycles. The number of likely N-dealkylation sites (N-methyl/N-ethyl adjacent to an activating group) is 1. The van der Waals surface area contributed by atoms with Gasteiger partial charge in [-0.15, -0.1) is 11.3 Å². The molecule has 0 unspecified atom stereocenters. The maximum atomic E-state index is 13.9. The van der Waals surface area contributed by atoms with Crippen LogP contribution in [0.5, 0.6) is 0 Å². The Morgan fingerprint density at radius 1 is 1.00 bits per heavy atom. The third-order valence-electron chi connectivity index (χ3n) is 6.24. The third-order valence-corrected chi connectivity index (χ3v) is 7.19. The Labute approximate surface area is 185 Å². The van der Waals surface area contributed by atoms with E-state index in [2.05, 4.69) is 9.88 Å². The lowest BCUT2D eigenvalue weighted by Crippen LogP contribution is -2.53. The van der Waals surface area contributed by atoms with Crippen LogP contribution in [0.4, 0.5) is 5.82 Å². The lowest BCUT2D eigenvalue weighted by Gasteiger charge is -2.43. The van der Waals surface area contributed by atoms with Crippen LogP contribution in [-0.4, -0.2) is 59.8 Å². The average molecular weight is 433 g/mol.